The molecular weight excluding hydrogens is 1310 g/mol. The van der Waals surface area contributed by atoms with E-state index in [9.17, 15) is 43.5 Å². The number of hydrogen-bond donors (Lipinski definition) is 4. The monoisotopic (exact) mass is 1450 g/mol. The van der Waals surface area contributed by atoms with E-state index in [1.54, 1.807) is 0 Å². The number of esters is 3. The van der Waals surface area contributed by atoms with Crippen LogP contribution < -0.4 is 0 Å². The van der Waals surface area contributed by atoms with E-state index in [4.69, 9.17) is 32.3 Å². The number of hydrogen-bond acceptors (Lipinski definition) is 14. The van der Waals surface area contributed by atoms with Crippen LogP contribution in [0.15, 0.2) is 182 Å². The summed E-state index contributed by atoms with van der Waals surface area (Å²) < 4.78 is 61.0. The van der Waals surface area contributed by atoms with Crippen molar-refractivity contribution in [3.8, 4) is 0 Å². The Kier molecular flexibility index (Phi) is 70.4. The van der Waals surface area contributed by atoms with Gasteiger partial charge in [-0.2, -0.15) is 0 Å². The van der Waals surface area contributed by atoms with Gasteiger partial charge in [0.1, 0.15) is 25.4 Å². The van der Waals surface area contributed by atoms with Crippen LogP contribution in [0.2, 0.25) is 0 Å². The topological polar surface area (TPSA) is 231 Å². The number of unbranched alkanes of at least 4 members (excludes halogenated alkanes) is 17. The van der Waals surface area contributed by atoms with Gasteiger partial charge in [-0.25, -0.2) is 9.13 Å². The molecule has 0 aromatic carbocycles. The molecule has 572 valence electrons. The van der Waals surface area contributed by atoms with Crippen molar-refractivity contribution in [3.63, 3.8) is 0 Å². The Balaban J connectivity index is 4.75. The maximum absolute atomic E-state index is 12.9. The van der Waals surface area contributed by atoms with E-state index in [0.29, 0.717) is 25.7 Å². The Bertz CT molecular complexity index is 2570. The van der Waals surface area contributed by atoms with Crippen molar-refractivity contribution < 1.29 is 75.8 Å². The molecule has 0 aromatic heterocycles. The highest BCUT2D eigenvalue weighted by Crippen LogP contribution is 2.45. The van der Waals surface area contributed by atoms with Gasteiger partial charge < -0.3 is 34.2 Å². The van der Waals surface area contributed by atoms with Crippen LogP contribution in [-0.2, 0) is 55.8 Å². The molecular formula is C83H134O16P2. The highest BCUT2D eigenvalue weighted by molar-refractivity contribution is 7.47. The molecule has 0 amide bonds. The molecule has 16 nitrogen and oxygen atoms in total. The van der Waals surface area contributed by atoms with Crippen LogP contribution >= 0.6 is 15.6 Å². The van der Waals surface area contributed by atoms with Crippen molar-refractivity contribution in [1.82, 2.24) is 0 Å². The van der Waals surface area contributed by atoms with Crippen molar-refractivity contribution in [2.24, 2.45) is 0 Å². The van der Waals surface area contributed by atoms with Gasteiger partial charge in [0.15, 0.2) is 6.10 Å². The van der Waals surface area contributed by atoms with Crippen LogP contribution in [-0.4, -0.2) is 95.9 Å². The predicted octanol–water partition coefficient (Wildman–Crippen LogP) is 22.2. The minimum atomic E-state index is -4.96. The lowest BCUT2D eigenvalue weighted by molar-refractivity contribution is -0.161. The third-order valence-corrected chi connectivity index (χ3v) is 17.0. The van der Waals surface area contributed by atoms with Gasteiger partial charge in [-0.05, 0) is 148 Å². The Labute approximate surface area is 611 Å². The third kappa shape index (κ3) is 75.6. The first kappa shape index (κ1) is 95.6. The first-order chi connectivity index (χ1) is 49.2. The average Bonchev–Trinajstić information content (AvgIpc) is 0.976. The fourth-order valence-electron chi connectivity index (χ4n) is 9.37. The average molecular weight is 1450 g/mol. The van der Waals surface area contributed by atoms with E-state index >= 15 is 0 Å². The number of ether oxygens (including phenoxy) is 3. The molecule has 0 heterocycles. The summed E-state index contributed by atoms with van der Waals surface area (Å²) >= 11 is 0. The maximum atomic E-state index is 12.9. The molecule has 0 spiro atoms. The van der Waals surface area contributed by atoms with Crippen LogP contribution in [0.1, 0.15) is 265 Å². The highest BCUT2D eigenvalue weighted by Gasteiger charge is 2.29. The lowest BCUT2D eigenvalue weighted by Crippen LogP contribution is -2.29. The summed E-state index contributed by atoms with van der Waals surface area (Å²) in [6.45, 7) is 2.28. The minimum absolute atomic E-state index is 0.0324. The third-order valence-electron chi connectivity index (χ3n) is 15.1. The van der Waals surface area contributed by atoms with Crippen LogP contribution in [0.5, 0.6) is 0 Å². The number of allylic oxidation sites excluding steroid dienone is 30. The zero-order valence-corrected chi connectivity index (χ0v) is 64.0. The fraction of sp³-hybridized carbons (Fsp3) is 0.602. The Morgan fingerprint density at radius 1 is 0.287 bits per heavy atom. The van der Waals surface area contributed by atoms with Gasteiger partial charge in [-0.3, -0.25) is 32.5 Å². The van der Waals surface area contributed by atoms with Crippen LogP contribution in [0.25, 0.3) is 0 Å². The molecule has 18 heteroatoms. The lowest BCUT2D eigenvalue weighted by atomic mass is 10.1. The molecule has 0 rings (SSSR count). The molecule has 0 aliphatic rings. The quantitative estimate of drug-likeness (QED) is 0.0146. The molecule has 5 unspecified atom stereocenters. The molecule has 0 bridgehead atoms. The first-order valence-electron chi connectivity index (χ1n) is 38.1. The van der Waals surface area contributed by atoms with Gasteiger partial charge in [-0.1, -0.05) is 280 Å². The van der Waals surface area contributed by atoms with Crippen molar-refractivity contribution >= 4 is 33.6 Å². The van der Waals surface area contributed by atoms with Gasteiger partial charge in [0, 0.05) is 19.3 Å². The normalized spacial score (nSPS) is 15.0. The smallest absolute Gasteiger partial charge is 0.463 e. The number of rotatable bonds is 70. The number of aliphatic hydroxyl groups excluding tert-OH is 2. The van der Waals surface area contributed by atoms with E-state index in [1.165, 1.54) is 44.9 Å². The first-order valence-corrected chi connectivity index (χ1v) is 41.1. The van der Waals surface area contributed by atoms with Gasteiger partial charge >= 0.3 is 33.6 Å². The number of phosphoric acid groups is 2. The van der Waals surface area contributed by atoms with Crippen molar-refractivity contribution in [1.29, 1.82) is 0 Å². The second-order valence-electron chi connectivity index (χ2n) is 24.7. The molecule has 0 saturated carbocycles. The van der Waals surface area contributed by atoms with E-state index in [0.717, 1.165) is 154 Å². The summed E-state index contributed by atoms with van der Waals surface area (Å²) in [5.74, 6) is -1.71. The van der Waals surface area contributed by atoms with Crippen LogP contribution in [0.4, 0.5) is 0 Å². The zero-order valence-electron chi connectivity index (χ0n) is 62.2. The largest absolute Gasteiger partial charge is 0.472 e. The van der Waals surface area contributed by atoms with Gasteiger partial charge in [0.2, 0.25) is 0 Å². The summed E-state index contributed by atoms with van der Waals surface area (Å²) in [7, 11) is -9.84. The Hall–Kier alpha value is -5.35. The highest BCUT2D eigenvalue weighted by atomic mass is 31.2. The van der Waals surface area contributed by atoms with Gasteiger partial charge in [-0.15, -0.1) is 0 Å². The van der Waals surface area contributed by atoms with E-state index in [1.807, 2.05) is 18.2 Å². The van der Waals surface area contributed by atoms with Gasteiger partial charge in [0.05, 0.1) is 26.4 Å². The summed E-state index contributed by atoms with van der Waals surface area (Å²) in [5.41, 5.74) is 0. The fourth-order valence-corrected chi connectivity index (χ4v) is 11.0. The summed E-state index contributed by atoms with van der Waals surface area (Å²) in [6, 6.07) is 0. The van der Waals surface area contributed by atoms with E-state index in [2.05, 4.69) is 185 Å². The Morgan fingerprint density at radius 3 is 0.871 bits per heavy atom. The van der Waals surface area contributed by atoms with Crippen LogP contribution in [0.3, 0.4) is 0 Å². The number of carbonyl (C=O) groups is 3. The minimum Gasteiger partial charge on any atom is -0.463 e. The summed E-state index contributed by atoms with van der Waals surface area (Å²) in [6.07, 6.45) is 95.2. The molecule has 0 aliphatic carbocycles. The maximum Gasteiger partial charge on any atom is 0.472 e. The molecule has 0 saturated heterocycles. The number of phosphoric ester groups is 2. The molecule has 0 fully saturated rings. The molecule has 4 N–H and O–H groups in total. The molecule has 0 aromatic rings. The Morgan fingerprint density at radius 2 is 0.545 bits per heavy atom. The number of carbonyl (C=O) groups excluding carboxylic acids is 3. The standard InChI is InChI=1S/C83H134O16P2/c1-4-7-10-13-16-19-22-25-28-31-34-36-37-38-39-41-44-45-48-51-54-57-60-63-66-69-81(86)93-72-78(84)73-95-100(89,90)96-74-79(85)75-97-101(91,92)98-77-80(99-83(88)71-68-65-62-59-56-53-50-47-42-33-30-27-24-21-18-15-12-9-6-3)76-94-82(87)70-67-64-61-58-55-52-49-46-43-40-35-32-29-26-23-20-17-14-11-8-5-2/h7,9-10,12,16-21,25-30,34-36,38-40,42,46-47,49,53,56,62,65,78-80,84-85H,4-6,8,11,13-15,22-24,31-33,37,41,43-45,48,50-52,54-55,57-61,63-64,66-77H2,1-3H3,(H,89,90)(H,91,92)/b10-7-,12-9-,19-16-,20-17-,21-18-,28-25-,29-26-,30-27-,36-34-,39-38-,40-35-,47-42-,49-46-,56-53-,65-62-. The summed E-state index contributed by atoms with van der Waals surface area (Å²) in [5, 5.41) is 20.6. The lowest BCUT2D eigenvalue weighted by Gasteiger charge is -2.21. The SMILES string of the molecule is CC/C=C\C/C=C\C/C=C\C/C=C\C/C=C\C/C=C\CCC(=O)OC(COC(=O)CCCCCCC/C=C\C/C=C\C/C=C\C/C=C\CCCCC)COP(=O)(O)OCC(O)COP(=O)(O)OCC(O)COC(=O)CCCCCCCCCCC/C=C\C/C=C\C/C=C\C/C=C\C/C=C\CC. The molecule has 5 atom stereocenters. The van der Waals surface area contributed by atoms with Crippen molar-refractivity contribution in [3.05, 3.63) is 182 Å². The second-order valence-corrected chi connectivity index (χ2v) is 27.6. The van der Waals surface area contributed by atoms with Gasteiger partial charge in [0.25, 0.3) is 0 Å². The molecule has 101 heavy (non-hydrogen) atoms. The molecule has 0 radical (unpaired) electrons. The predicted molar refractivity (Wildman–Crippen MR) is 417 cm³/mol. The summed E-state index contributed by atoms with van der Waals surface area (Å²) in [4.78, 5) is 58.6. The van der Waals surface area contributed by atoms with E-state index < -0.39 is 91.5 Å². The van der Waals surface area contributed by atoms with Crippen molar-refractivity contribution in [2.45, 2.75) is 283 Å². The second kappa shape index (κ2) is 74.4. The van der Waals surface area contributed by atoms with Crippen LogP contribution in [0, 0.1) is 0 Å². The molecule has 0 aliphatic heterocycles. The van der Waals surface area contributed by atoms with Crippen molar-refractivity contribution in [2.75, 3.05) is 39.6 Å². The van der Waals surface area contributed by atoms with E-state index in [-0.39, 0.29) is 19.3 Å². The number of aliphatic hydroxyl groups is 2. The zero-order chi connectivity index (χ0) is 73.7.